The maximum absolute atomic E-state index is 12.9. The van der Waals surface area contributed by atoms with Crippen molar-refractivity contribution in [3.05, 3.63) is 86.2 Å². The van der Waals surface area contributed by atoms with E-state index >= 15 is 0 Å². The molecule has 0 fully saturated rings. The average Bonchev–Trinajstić information content (AvgIpc) is 2.77. The third kappa shape index (κ3) is 4.10. The second-order valence-electron chi connectivity index (χ2n) is 7.08. The van der Waals surface area contributed by atoms with E-state index in [2.05, 4.69) is 15.3 Å². The molecule has 2 aromatic carbocycles. The number of carbonyl (C=O) groups is 1. The molecule has 8 nitrogen and oxygen atoms in total. The lowest BCUT2D eigenvalue weighted by molar-refractivity contribution is -0.116. The summed E-state index contributed by atoms with van der Waals surface area (Å²) in [7, 11) is 1.50. The van der Waals surface area contributed by atoms with Crippen LogP contribution in [0.2, 0.25) is 5.02 Å². The number of benzene rings is 2. The van der Waals surface area contributed by atoms with E-state index in [1.807, 2.05) is 19.1 Å². The van der Waals surface area contributed by atoms with Gasteiger partial charge in [0.05, 0.1) is 0 Å². The van der Waals surface area contributed by atoms with E-state index < -0.39 is 23.7 Å². The average molecular weight is 436 g/mol. The molecule has 0 saturated heterocycles. The van der Waals surface area contributed by atoms with Crippen LogP contribution in [0.15, 0.2) is 64.3 Å². The van der Waals surface area contributed by atoms with Crippen LogP contribution in [0, 0.1) is 6.92 Å². The maximum Gasteiger partial charge on any atom is 0.332 e. The molecule has 156 valence electrons. The minimum Gasteiger partial charge on any atom is -0.325 e. The summed E-state index contributed by atoms with van der Waals surface area (Å²) in [6, 6.07) is 14.1. The van der Waals surface area contributed by atoms with Crippen LogP contribution in [0.1, 0.15) is 5.56 Å². The fourth-order valence-corrected chi connectivity index (χ4v) is 3.27. The highest BCUT2D eigenvalue weighted by molar-refractivity contribution is 6.30. The topological polar surface area (TPSA) is 98.9 Å². The van der Waals surface area contributed by atoms with Gasteiger partial charge in [-0.1, -0.05) is 29.3 Å². The summed E-state index contributed by atoms with van der Waals surface area (Å²) in [5, 5.41) is 3.40. The number of nitrogens with zero attached hydrogens (tertiary/aromatic N) is 4. The van der Waals surface area contributed by atoms with Gasteiger partial charge in [0.1, 0.15) is 11.9 Å². The standard InChI is InChI=1S/C22H18ClN5O3/c1-13-3-9-16(10-4-13)25-18(29)12-28-21(30)17-11-24-19(14-5-7-15(23)8-6-14)26-20(17)27(2)22(28)31/h3-11H,12H2,1-2H3,(H,25,29). The van der Waals surface area contributed by atoms with Crippen molar-refractivity contribution >= 4 is 34.2 Å². The molecule has 1 N–H and O–H groups in total. The van der Waals surface area contributed by atoms with E-state index in [0.29, 0.717) is 22.1 Å². The largest absolute Gasteiger partial charge is 0.332 e. The number of carbonyl (C=O) groups excluding carboxylic acids is 1. The zero-order valence-electron chi connectivity index (χ0n) is 16.8. The van der Waals surface area contributed by atoms with E-state index in [4.69, 9.17) is 11.6 Å². The third-order valence-corrected chi connectivity index (χ3v) is 5.07. The van der Waals surface area contributed by atoms with Crippen LogP contribution < -0.4 is 16.6 Å². The summed E-state index contributed by atoms with van der Waals surface area (Å²) in [5.41, 5.74) is 1.25. The summed E-state index contributed by atoms with van der Waals surface area (Å²) in [4.78, 5) is 46.8. The second kappa shape index (κ2) is 8.16. The summed E-state index contributed by atoms with van der Waals surface area (Å²) < 4.78 is 2.11. The van der Waals surface area contributed by atoms with Crippen molar-refractivity contribution in [1.82, 2.24) is 19.1 Å². The Bertz CT molecular complexity index is 1410. The van der Waals surface area contributed by atoms with Crippen LogP contribution in [-0.2, 0) is 18.4 Å². The first-order chi connectivity index (χ1) is 14.8. The first-order valence-electron chi connectivity index (χ1n) is 9.42. The first-order valence-corrected chi connectivity index (χ1v) is 9.80. The number of hydrogen-bond donors (Lipinski definition) is 1. The molecule has 4 aromatic rings. The van der Waals surface area contributed by atoms with Gasteiger partial charge in [-0.25, -0.2) is 14.8 Å². The highest BCUT2D eigenvalue weighted by Crippen LogP contribution is 2.19. The Morgan fingerprint density at radius 1 is 1.06 bits per heavy atom. The number of rotatable bonds is 4. The van der Waals surface area contributed by atoms with Crippen molar-refractivity contribution in [3.63, 3.8) is 0 Å². The molecule has 4 rings (SSSR count). The van der Waals surface area contributed by atoms with Crippen molar-refractivity contribution in [3.8, 4) is 11.4 Å². The van der Waals surface area contributed by atoms with Crippen molar-refractivity contribution in [2.24, 2.45) is 7.05 Å². The Morgan fingerprint density at radius 2 is 1.74 bits per heavy atom. The highest BCUT2D eigenvalue weighted by Gasteiger charge is 2.16. The lowest BCUT2D eigenvalue weighted by atomic mass is 10.2. The summed E-state index contributed by atoms with van der Waals surface area (Å²) in [6.45, 7) is 1.51. The molecule has 9 heteroatoms. The SMILES string of the molecule is Cc1ccc(NC(=O)Cn2c(=O)c3cnc(-c4ccc(Cl)cc4)nc3n(C)c2=O)cc1. The van der Waals surface area contributed by atoms with Gasteiger partial charge in [0.15, 0.2) is 11.5 Å². The molecule has 0 saturated carbocycles. The van der Waals surface area contributed by atoms with E-state index in [0.717, 1.165) is 10.1 Å². The van der Waals surface area contributed by atoms with E-state index in [1.165, 1.54) is 17.8 Å². The van der Waals surface area contributed by atoms with Crippen LogP contribution in [0.5, 0.6) is 0 Å². The monoisotopic (exact) mass is 435 g/mol. The Morgan fingerprint density at radius 3 is 2.42 bits per heavy atom. The number of aromatic nitrogens is 4. The minimum atomic E-state index is -0.641. The van der Waals surface area contributed by atoms with Crippen LogP contribution >= 0.6 is 11.6 Å². The zero-order chi connectivity index (χ0) is 22.1. The number of anilines is 1. The molecule has 0 bridgehead atoms. The number of halogens is 1. The van der Waals surface area contributed by atoms with Gasteiger partial charge in [0.25, 0.3) is 5.56 Å². The molecular formula is C22H18ClN5O3. The summed E-state index contributed by atoms with van der Waals surface area (Å²) in [5.74, 6) is -0.130. The zero-order valence-corrected chi connectivity index (χ0v) is 17.6. The van der Waals surface area contributed by atoms with E-state index in [1.54, 1.807) is 36.4 Å². The van der Waals surface area contributed by atoms with Gasteiger partial charge in [0.2, 0.25) is 5.91 Å². The molecule has 2 aromatic heterocycles. The lowest BCUT2D eigenvalue weighted by Crippen LogP contribution is -2.42. The van der Waals surface area contributed by atoms with Gasteiger partial charge < -0.3 is 5.32 Å². The first kappa shape index (κ1) is 20.5. The van der Waals surface area contributed by atoms with Crippen LogP contribution in [0.3, 0.4) is 0 Å². The van der Waals surface area contributed by atoms with Gasteiger partial charge in [-0.15, -0.1) is 0 Å². The third-order valence-electron chi connectivity index (χ3n) is 4.82. The van der Waals surface area contributed by atoms with Crippen molar-refractivity contribution < 1.29 is 4.79 Å². The highest BCUT2D eigenvalue weighted by atomic mass is 35.5. The van der Waals surface area contributed by atoms with Crippen LogP contribution in [0.4, 0.5) is 5.69 Å². The maximum atomic E-state index is 12.9. The lowest BCUT2D eigenvalue weighted by Gasteiger charge is -2.11. The smallest absolute Gasteiger partial charge is 0.325 e. The molecule has 2 heterocycles. The Balaban J connectivity index is 1.70. The van der Waals surface area contributed by atoms with Crippen molar-refractivity contribution in [1.29, 1.82) is 0 Å². The van der Waals surface area contributed by atoms with Crippen LogP contribution in [0.25, 0.3) is 22.4 Å². The van der Waals surface area contributed by atoms with Gasteiger partial charge in [-0.2, -0.15) is 0 Å². The number of hydrogen-bond acceptors (Lipinski definition) is 5. The number of nitrogens with one attached hydrogen (secondary N) is 1. The van der Waals surface area contributed by atoms with Gasteiger partial charge in [0, 0.05) is 29.5 Å². The Hall–Kier alpha value is -3.78. The normalized spacial score (nSPS) is 10.9. The molecule has 0 aliphatic carbocycles. The predicted octanol–water partition coefficient (Wildman–Crippen LogP) is 2.76. The summed E-state index contributed by atoms with van der Waals surface area (Å²) in [6.07, 6.45) is 1.36. The van der Waals surface area contributed by atoms with Gasteiger partial charge in [-0.05, 0) is 43.3 Å². The van der Waals surface area contributed by atoms with Crippen LogP contribution in [-0.4, -0.2) is 25.0 Å². The minimum absolute atomic E-state index is 0.142. The van der Waals surface area contributed by atoms with Gasteiger partial charge >= 0.3 is 5.69 Å². The Labute approximate surface area is 181 Å². The molecule has 31 heavy (non-hydrogen) atoms. The predicted molar refractivity (Wildman–Crippen MR) is 119 cm³/mol. The quantitative estimate of drug-likeness (QED) is 0.531. The number of amides is 1. The molecule has 0 atom stereocenters. The van der Waals surface area contributed by atoms with E-state index in [9.17, 15) is 14.4 Å². The molecule has 0 radical (unpaired) electrons. The molecule has 1 amide bonds. The fraction of sp³-hybridized carbons (Fsp3) is 0.136. The molecule has 0 unspecified atom stereocenters. The fourth-order valence-electron chi connectivity index (χ4n) is 3.14. The van der Waals surface area contributed by atoms with Crippen molar-refractivity contribution in [2.75, 3.05) is 5.32 Å². The molecular weight excluding hydrogens is 418 g/mol. The Kier molecular flexibility index (Phi) is 5.39. The molecule has 0 aliphatic heterocycles. The number of fused-ring (bicyclic) bond motifs is 1. The molecule has 0 spiro atoms. The molecule has 0 aliphatic rings. The van der Waals surface area contributed by atoms with Crippen molar-refractivity contribution in [2.45, 2.75) is 13.5 Å². The van der Waals surface area contributed by atoms with Gasteiger partial charge in [-0.3, -0.25) is 18.7 Å². The van der Waals surface area contributed by atoms with E-state index in [-0.39, 0.29) is 11.0 Å². The second-order valence-corrected chi connectivity index (χ2v) is 7.52. The number of aryl methyl sites for hydroxylation is 2. The summed E-state index contributed by atoms with van der Waals surface area (Å²) >= 11 is 5.91.